The number of hydrogen-bond acceptors (Lipinski definition) is 5. The third-order valence-corrected chi connectivity index (χ3v) is 2.71. The lowest BCUT2D eigenvalue weighted by molar-refractivity contribution is 0.0696. The summed E-state index contributed by atoms with van der Waals surface area (Å²) in [6.45, 7) is 2.33. The van der Waals surface area contributed by atoms with Crippen LogP contribution in [0.4, 0.5) is 5.82 Å². The standard InChI is InChI=1S/C12H17BrN2O4/c1-18-5-6-19-4-2-3-14-11-10(12(16)17)7-9(13)8-15-11/h7-8H,2-6H2,1H3,(H,14,15)(H,16,17). The van der Waals surface area contributed by atoms with E-state index in [-0.39, 0.29) is 5.56 Å². The number of hydrogen-bond donors (Lipinski definition) is 2. The van der Waals surface area contributed by atoms with E-state index in [1.54, 1.807) is 13.3 Å². The molecule has 0 bridgehead atoms. The molecule has 0 aromatic carbocycles. The van der Waals surface area contributed by atoms with Gasteiger partial charge in [0, 0.05) is 30.9 Å². The second-order valence-corrected chi connectivity index (χ2v) is 4.66. The Morgan fingerprint density at radius 3 is 2.95 bits per heavy atom. The number of aromatic nitrogens is 1. The molecule has 19 heavy (non-hydrogen) atoms. The van der Waals surface area contributed by atoms with Gasteiger partial charge in [0.05, 0.1) is 13.2 Å². The van der Waals surface area contributed by atoms with E-state index >= 15 is 0 Å². The smallest absolute Gasteiger partial charge is 0.339 e. The van der Waals surface area contributed by atoms with Crippen LogP contribution in [0.1, 0.15) is 16.8 Å². The van der Waals surface area contributed by atoms with Crippen LogP contribution in [-0.4, -0.2) is 49.5 Å². The van der Waals surface area contributed by atoms with Gasteiger partial charge in [0.25, 0.3) is 0 Å². The molecular weight excluding hydrogens is 316 g/mol. The van der Waals surface area contributed by atoms with Gasteiger partial charge in [0.1, 0.15) is 11.4 Å². The maximum Gasteiger partial charge on any atom is 0.339 e. The molecule has 0 spiro atoms. The maximum atomic E-state index is 11.0. The van der Waals surface area contributed by atoms with Crippen LogP contribution in [0.25, 0.3) is 0 Å². The van der Waals surface area contributed by atoms with Crippen LogP contribution in [0, 0.1) is 0 Å². The molecule has 0 amide bonds. The second-order valence-electron chi connectivity index (χ2n) is 3.74. The van der Waals surface area contributed by atoms with Gasteiger partial charge < -0.3 is 19.9 Å². The fourth-order valence-corrected chi connectivity index (χ4v) is 1.70. The summed E-state index contributed by atoms with van der Waals surface area (Å²) in [6, 6.07) is 1.52. The molecule has 0 aliphatic carbocycles. The topological polar surface area (TPSA) is 80.7 Å². The molecule has 0 saturated heterocycles. The highest BCUT2D eigenvalue weighted by atomic mass is 79.9. The van der Waals surface area contributed by atoms with Crippen molar-refractivity contribution in [3.8, 4) is 0 Å². The first-order valence-corrected chi connectivity index (χ1v) is 6.64. The number of rotatable bonds is 9. The molecule has 1 aromatic heterocycles. The molecule has 1 heterocycles. The molecule has 0 unspecified atom stereocenters. The van der Waals surface area contributed by atoms with Gasteiger partial charge in [0.15, 0.2) is 0 Å². The van der Waals surface area contributed by atoms with Gasteiger partial charge in [-0.25, -0.2) is 9.78 Å². The van der Waals surface area contributed by atoms with Gasteiger partial charge >= 0.3 is 5.97 Å². The summed E-state index contributed by atoms with van der Waals surface area (Å²) in [4.78, 5) is 15.1. The van der Waals surface area contributed by atoms with Crippen molar-refractivity contribution in [3.63, 3.8) is 0 Å². The minimum atomic E-state index is -1.01. The van der Waals surface area contributed by atoms with E-state index < -0.39 is 5.97 Å². The third-order valence-electron chi connectivity index (χ3n) is 2.27. The Balaban J connectivity index is 2.35. The second kappa shape index (κ2) is 8.84. The molecule has 0 aliphatic rings. The number of anilines is 1. The zero-order valence-corrected chi connectivity index (χ0v) is 12.3. The fourth-order valence-electron chi connectivity index (χ4n) is 1.37. The van der Waals surface area contributed by atoms with E-state index in [2.05, 4.69) is 26.2 Å². The van der Waals surface area contributed by atoms with E-state index in [4.69, 9.17) is 14.6 Å². The van der Waals surface area contributed by atoms with E-state index in [0.29, 0.717) is 36.7 Å². The van der Waals surface area contributed by atoms with E-state index in [0.717, 1.165) is 6.42 Å². The number of aromatic carboxylic acids is 1. The number of nitrogens with zero attached hydrogens (tertiary/aromatic N) is 1. The first-order valence-electron chi connectivity index (χ1n) is 5.84. The van der Waals surface area contributed by atoms with Crippen molar-refractivity contribution in [2.24, 2.45) is 0 Å². The van der Waals surface area contributed by atoms with Crippen molar-refractivity contribution in [2.75, 3.05) is 38.8 Å². The summed E-state index contributed by atoms with van der Waals surface area (Å²) in [5.74, 6) is -0.639. The first kappa shape index (κ1) is 15.9. The van der Waals surface area contributed by atoms with Crippen LogP contribution in [0.2, 0.25) is 0 Å². The summed E-state index contributed by atoms with van der Waals surface area (Å²) >= 11 is 3.20. The molecule has 2 N–H and O–H groups in total. The molecule has 0 saturated carbocycles. The Labute approximate surface area is 120 Å². The summed E-state index contributed by atoms with van der Waals surface area (Å²) in [5.41, 5.74) is 0.148. The van der Waals surface area contributed by atoms with Gasteiger partial charge in [-0.05, 0) is 28.4 Å². The van der Waals surface area contributed by atoms with Gasteiger partial charge in [-0.3, -0.25) is 0 Å². The summed E-state index contributed by atoms with van der Waals surface area (Å²) in [6.07, 6.45) is 2.32. The van der Waals surface area contributed by atoms with Crippen molar-refractivity contribution >= 4 is 27.7 Å². The Morgan fingerprint density at radius 1 is 1.47 bits per heavy atom. The number of carboxylic acids is 1. The van der Waals surface area contributed by atoms with Crippen LogP contribution in [0.3, 0.4) is 0 Å². The molecule has 0 radical (unpaired) electrons. The molecule has 1 aromatic rings. The lowest BCUT2D eigenvalue weighted by Gasteiger charge is -2.09. The van der Waals surface area contributed by atoms with E-state index in [1.165, 1.54) is 6.07 Å². The number of pyridine rings is 1. The molecular formula is C12H17BrN2O4. The number of carbonyl (C=O) groups is 1. The Bertz CT molecular complexity index is 415. The van der Waals surface area contributed by atoms with Crippen LogP contribution in [-0.2, 0) is 9.47 Å². The monoisotopic (exact) mass is 332 g/mol. The van der Waals surface area contributed by atoms with Crippen LogP contribution >= 0.6 is 15.9 Å². The first-order chi connectivity index (χ1) is 9.15. The van der Waals surface area contributed by atoms with E-state index in [9.17, 15) is 4.79 Å². The molecule has 7 heteroatoms. The van der Waals surface area contributed by atoms with Crippen molar-refractivity contribution in [2.45, 2.75) is 6.42 Å². The van der Waals surface area contributed by atoms with Crippen molar-refractivity contribution in [1.29, 1.82) is 0 Å². The van der Waals surface area contributed by atoms with Crippen molar-refractivity contribution < 1.29 is 19.4 Å². The number of methoxy groups -OCH3 is 1. The Morgan fingerprint density at radius 2 is 2.26 bits per heavy atom. The summed E-state index contributed by atoms with van der Waals surface area (Å²) < 4.78 is 10.8. The number of carboxylic acid groups (broad SMARTS) is 1. The van der Waals surface area contributed by atoms with E-state index in [1.807, 2.05) is 0 Å². The summed E-state index contributed by atoms with van der Waals surface area (Å²) in [5, 5.41) is 12.0. The SMILES string of the molecule is COCCOCCCNc1ncc(Br)cc1C(=O)O. The van der Waals surface area contributed by atoms with Gasteiger partial charge in [-0.15, -0.1) is 0 Å². The number of nitrogens with one attached hydrogen (secondary N) is 1. The highest BCUT2D eigenvalue weighted by molar-refractivity contribution is 9.10. The molecule has 6 nitrogen and oxygen atoms in total. The van der Waals surface area contributed by atoms with Gasteiger partial charge in [-0.1, -0.05) is 0 Å². The van der Waals surface area contributed by atoms with Crippen molar-refractivity contribution in [1.82, 2.24) is 4.98 Å². The zero-order valence-electron chi connectivity index (χ0n) is 10.7. The molecule has 0 aliphatic heterocycles. The highest BCUT2D eigenvalue weighted by Crippen LogP contribution is 2.17. The lowest BCUT2D eigenvalue weighted by atomic mass is 10.2. The predicted molar refractivity (Wildman–Crippen MR) is 74.7 cm³/mol. The fraction of sp³-hybridized carbons (Fsp3) is 0.500. The van der Waals surface area contributed by atoms with Crippen molar-refractivity contribution in [3.05, 3.63) is 22.3 Å². The molecule has 106 valence electrons. The minimum Gasteiger partial charge on any atom is -0.478 e. The van der Waals surface area contributed by atoms with Crippen LogP contribution in [0.5, 0.6) is 0 Å². The lowest BCUT2D eigenvalue weighted by Crippen LogP contribution is -2.12. The average Bonchev–Trinajstić information content (AvgIpc) is 2.39. The quantitative estimate of drug-likeness (QED) is 0.673. The molecule has 1 rings (SSSR count). The average molecular weight is 333 g/mol. The number of ether oxygens (including phenoxy) is 2. The van der Waals surface area contributed by atoms with Gasteiger partial charge in [0.2, 0.25) is 0 Å². The third kappa shape index (κ3) is 6.00. The molecule has 0 atom stereocenters. The largest absolute Gasteiger partial charge is 0.478 e. The normalized spacial score (nSPS) is 10.4. The number of halogens is 1. The summed E-state index contributed by atoms with van der Waals surface area (Å²) in [7, 11) is 1.62. The Hall–Kier alpha value is -1.18. The minimum absolute atomic E-state index is 0.148. The highest BCUT2D eigenvalue weighted by Gasteiger charge is 2.11. The maximum absolute atomic E-state index is 11.0. The van der Waals surface area contributed by atoms with Crippen LogP contribution < -0.4 is 5.32 Å². The molecule has 0 fully saturated rings. The Kier molecular flexibility index (Phi) is 7.39. The van der Waals surface area contributed by atoms with Crippen LogP contribution in [0.15, 0.2) is 16.7 Å². The zero-order chi connectivity index (χ0) is 14.1. The van der Waals surface area contributed by atoms with Gasteiger partial charge in [-0.2, -0.15) is 0 Å². The predicted octanol–water partition coefficient (Wildman–Crippen LogP) is 2.01.